The molecule has 0 aliphatic heterocycles. The van der Waals surface area contributed by atoms with E-state index in [9.17, 15) is 0 Å². The summed E-state index contributed by atoms with van der Waals surface area (Å²) < 4.78 is 12.3. The minimum absolute atomic E-state index is 0.894. The summed E-state index contributed by atoms with van der Waals surface area (Å²) in [5, 5.41) is 6.90. The van der Waals surface area contributed by atoms with E-state index in [0.29, 0.717) is 0 Å². The smallest absolute Gasteiger partial charge is 0.135 e. The maximum Gasteiger partial charge on any atom is 0.135 e. The van der Waals surface area contributed by atoms with Gasteiger partial charge in [0.1, 0.15) is 22.3 Å². The summed E-state index contributed by atoms with van der Waals surface area (Å²) in [6.07, 6.45) is 0. The topological polar surface area (TPSA) is 29.5 Å². The predicted molar refractivity (Wildman–Crippen MR) is 204 cm³/mol. The second-order valence-corrected chi connectivity index (χ2v) is 12.5. The molecule has 8 aromatic carbocycles. The Hall–Kier alpha value is -6.58. The van der Waals surface area contributed by atoms with Gasteiger partial charge in [-0.3, -0.25) is 0 Å². The zero-order chi connectivity index (χ0) is 32.3. The van der Waals surface area contributed by atoms with Crippen LogP contribution in [0.25, 0.3) is 76.9 Å². The minimum atomic E-state index is 0.894. The number of hydrogen-bond donors (Lipinski definition) is 0. The molecule has 2 heterocycles. The van der Waals surface area contributed by atoms with E-state index in [2.05, 4.69) is 157 Å². The predicted octanol–water partition coefficient (Wildman–Crippen LogP) is 13.4. The molecule has 0 spiro atoms. The number of para-hydroxylation sites is 3. The normalized spacial score (nSPS) is 11.7. The molecule has 0 radical (unpaired) electrons. The van der Waals surface area contributed by atoms with Gasteiger partial charge in [0.05, 0.1) is 11.4 Å². The Balaban J connectivity index is 1.14. The van der Waals surface area contributed by atoms with Crippen molar-refractivity contribution in [1.82, 2.24) is 0 Å². The highest BCUT2D eigenvalue weighted by Gasteiger charge is 2.20. The summed E-state index contributed by atoms with van der Waals surface area (Å²) in [5.41, 5.74) is 11.5. The van der Waals surface area contributed by atoms with Crippen LogP contribution in [-0.2, 0) is 0 Å². The number of rotatable bonds is 5. The molecule has 0 aliphatic rings. The molecule has 3 heteroatoms. The van der Waals surface area contributed by atoms with Crippen molar-refractivity contribution in [3.63, 3.8) is 0 Å². The van der Waals surface area contributed by atoms with Crippen LogP contribution in [0.5, 0.6) is 0 Å². The molecule has 3 nitrogen and oxygen atoms in total. The summed E-state index contributed by atoms with van der Waals surface area (Å²) in [7, 11) is 0. The van der Waals surface area contributed by atoms with Gasteiger partial charge in [0.2, 0.25) is 0 Å². The fourth-order valence-electron chi connectivity index (χ4n) is 7.33. The Labute approximate surface area is 282 Å². The van der Waals surface area contributed by atoms with Gasteiger partial charge in [0.25, 0.3) is 0 Å². The lowest BCUT2D eigenvalue weighted by Gasteiger charge is -2.29. The lowest BCUT2D eigenvalue weighted by Crippen LogP contribution is -2.11. The molecular formula is C46H29NO2. The minimum Gasteiger partial charge on any atom is -0.456 e. The van der Waals surface area contributed by atoms with E-state index in [4.69, 9.17) is 8.83 Å². The molecule has 0 unspecified atom stereocenters. The molecule has 0 saturated carbocycles. The van der Waals surface area contributed by atoms with E-state index >= 15 is 0 Å². The van der Waals surface area contributed by atoms with Crippen molar-refractivity contribution in [3.05, 3.63) is 176 Å². The molecule has 0 N–H and O–H groups in total. The average Bonchev–Trinajstić information content (AvgIpc) is 3.73. The first-order chi connectivity index (χ1) is 24.3. The first kappa shape index (κ1) is 27.5. The van der Waals surface area contributed by atoms with Crippen molar-refractivity contribution in [2.75, 3.05) is 4.90 Å². The highest BCUT2D eigenvalue weighted by Crippen LogP contribution is 2.45. The summed E-state index contributed by atoms with van der Waals surface area (Å²) >= 11 is 0. The largest absolute Gasteiger partial charge is 0.456 e. The molecule has 10 aromatic rings. The first-order valence-corrected chi connectivity index (χ1v) is 16.6. The van der Waals surface area contributed by atoms with Crippen LogP contribution in [0.3, 0.4) is 0 Å². The molecule has 0 aliphatic carbocycles. The van der Waals surface area contributed by atoms with Crippen LogP contribution >= 0.6 is 0 Å². The van der Waals surface area contributed by atoms with Crippen molar-refractivity contribution in [2.24, 2.45) is 0 Å². The molecule has 0 bridgehead atoms. The third-order valence-corrected chi connectivity index (χ3v) is 9.68. The van der Waals surface area contributed by atoms with Gasteiger partial charge in [0, 0.05) is 38.2 Å². The summed E-state index contributed by atoms with van der Waals surface area (Å²) in [6, 6.07) is 62.2. The third-order valence-electron chi connectivity index (χ3n) is 9.68. The van der Waals surface area contributed by atoms with Crippen LogP contribution in [0.4, 0.5) is 17.1 Å². The highest BCUT2D eigenvalue weighted by molar-refractivity contribution is 6.08. The van der Waals surface area contributed by atoms with Gasteiger partial charge in [-0.1, -0.05) is 115 Å². The summed E-state index contributed by atoms with van der Waals surface area (Å²) in [5.74, 6) is 0. The van der Waals surface area contributed by atoms with Crippen LogP contribution in [0.1, 0.15) is 0 Å². The van der Waals surface area contributed by atoms with Gasteiger partial charge >= 0.3 is 0 Å². The molecule has 230 valence electrons. The van der Waals surface area contributed by atoms with Crippen LogP contribution in [0, 0.1) is 0 Å². The number of nitrogens with zero attached hydrogens (tertiary/aromatic N) is 1. The van der Waals surface area contributed by atoms with Crippen molar-refractivity contribution in [3.8, 4) is 22.3 Å². The van der Waals surface area contributed by atoms with E-state index in [1.807, 2.05) is 24.3 Å². The molecule has 0 atom stereocenters. The molecular weight excluding hydrogens is 599 g/mol. The lowest BCUT2D eigenvalue weighted by molar-refractivity contribution is 0.668. The molecule has 10 rings (SSSR count). The van der Waals surface area contributed by atoms with E-state index in [-0.39, 0.29) is 0 Å². The van der Waals surface area contributed by atoms with Crippen molar-refractivity contribution in [1.29, 1.82) is 0 Å². The highest BCUT2D eigenvalue weighted by atomic mass is 16.3. The Morgan fingerprint density at radius 2 is 0.837 bits per heavy atom. The van der Waals surface area contributed by atoms with Gasteiger partial charge in [0.15, 0.2) is 0 Å². The number of hydrogen-bond acceptors (Lipinski definition) is 3. The molecule has 0 fully saturated rings. The summed E-state index contributed by atoms with van der Waals surface area (Å²) in [6.45, 7) is 0. The Bertz CT molecular complexity index is 2830. The van der Waals surface area contributed by atoms with Gasteiger partial charge in [-0.05, 0) is 82.7 Å². The lowest BCUT2D eigenvalue weighted by atomic mass is 9.98. The maximum atomic E-state index is 6.18. The fourth-order valence-corrected chi connectivity index (χ4v) is 7.33. The van der Waals surface area contributed by atoms with Gasteiger partial charge in [-0.25, -0.2) is 0 Å². The second kappa shape index (κ2) is 11.0. The molecule has 0 saturated heterocycles. The van der Waals surface area contributed by atoms with Crippen LogP contribution in [-0.4, -0.2) is 0 Å². The zero-order valence-electron chi connectivity index (χ0n) is 26.5. The SMILES string of the molecule is c1ccc(N(c2ccc(-c3ccc4oc5ccccc5c4c3)cc2)c2cccc3ccccc23)c(-c2ccc3oc4ccccc4c3c2)c1. The van der Waals surface area contributed by atoms with Crippen molar-refractivity contribution < 1.29 is 8.83 Å². The van der Waals surface area contributed by atoms with Gasteiger partial charge < -0.3 is 13.7 Å². The first-order valence-electron chi connectivity index (χ1n) is 16.6. The van der Waals surface area contributed by atoms with E-state index in [1.165, 1.54) is 10.8 Å². The summed E-state index contributed by atoms with van der Waals surface area (Å²) in [4.78, 5) is 2.39. The van der Waals surface area contributed by atoms with E-state index < -0.39 is 0 Å². The zero-order valence-corrected chi connectivity index (χ0v) is 26.5. The number of anilines is 3. The monoisotopic (exact) mass is 627 g/mol. The number of benzene rings is 8. The van der Waals surface area contributed by atoms with Crippen LogP contribution in [0.15, 0.2) is 185 Å². The molecule has 2 aromatic heterocycles. The third kappa shape index (κ3) is 4.51. The number of fused-ring (bicyclic) bond motifs is 7. The standard InChI is InChI=1S/C46H29NO2/c1-2-12-35-31(10-1)11-9-17-42(35)47(34-24-20-30(21-25-34)32-22-26-45-39(28-32)37-14-4-7-18-43(37)48-45)41-16-6-3-13-36(41)33-23-27-46-40(29-33)38-15-5-8-19-44(38)49-46/h1-29H. The van der Waals surface area contributed by atoms with Crippen molar-refractivity contribution in [2.45, 2.75) is 0 Å². The van der Waals surface area contributed by atoms with E-state index in [0.717, 1.165) is 83.2 Å². The fraction of sp³-hybridized carbons (Fsp3) is 0. The Kier molecular flexibility index (Phi) is 6.18. The average molecular weight is 628 g/mol. The van der Waals surface area contributed by atoms with Crippen LogP contribution in [0.2, 0.25) is 0 Å². The Morgan fingerprint density at radius 3 is 1.57 bits per heavy atom. The Morgan fingerprint density at radius 1 is 0.327 bits per heavy atom. The van der Waals surface area contributed by atoms with Crippen molar-refractivity contribution >= 4 is 71.7 Å². The van der Waals surface area contributed by atoms with Crippen LogP contribution < -0.4 is 4.90 Å². The molecule has 0 amide bonds. The van der Waals surface area contributed by atoms with Gasteiger partial charge in [-0.2, -0.15) is 0 Å². The van der Waals surface area contributed by atoms with E-state index in [1.54, 1.807) is 0 Å². The quantitative estimate of drug-likeness (QED) is 0.190. The second-order valence-electron chi connectivity index (χ2n) is 12.5. The maximum absolute atomic E-state index is 6.18. The number of furan rings is 2. The molecule has 49 heavy (non-hydrogen) atoms. The van der Waals surface area contributed by atoms with Gasteiger partial charge in [-0.15, -0.1) is 0 Å².